The van der Waals surface area contributed by atoms with Crippen LogP contribution in [-0.2, 0) is 0 Å². The van der Waals surface area contributed by atoms with Crippen molar-refractivity contribution in [3.05, 3.63) is 120 Å². The number of fused-ring (bicyclic) bond motifs is 2. The second-order valence-corrected chi connectivity index (χ2v) is 6.54. The van der Waals surface area contributed by atoms with Crippen LogP contribution in [0.4, 0.5) is 0 Å². The summed E-state index contributed by atoms with van der Waals surface area (Å²) in [4.78, 5) is 0. The van der Waals surface area contributed by atoms with Gasteiger partial charge in [-0.2, -0.15) is 0 Å². The third-order valence-corrected chi connectivity index (χ3v) is 4.98. The zero-order chi connectivity index (χ0) is 17.3. The molecule has 123 valence electrons. The van der Waals surface area contributed by atoms with E-state index in [2.05, 4.69) is 102 Å². The summed E-state index contributed by atoms with van der Waals surface area (Å²) in [6.07, 6.45) is 6.44. The van der Waals surface area contributed by atoms with Gasteiger partial charge in [0.2, 0.25) is 0 Å². The average Bonchev–Trinajstić information content (AvgIpc) is 2.73. The van der Waals surface area contributed by atoms with Gasteiger partial charge >= 0.3 is 0 Å². The lowest BCUT2D eigenvalue weighted by molar-refractivity contribution is 0.971. The topological polar surface area (TPSA) is 12.0 Å². The molecule has 0 aliphatic carbocycles. The second-order valence-electron chi connectivity index (χ2n) is 6.54. The molecule has 1 aliphatic rings. The zero-order valence-corrected chi connectivity index (χ0v) is 14.3. The van der Waals surface area contributed by atoms with Crippen LogP contribution in [0.1, 0.15) is 11.1 Å². The normalized spacial score (nSPS) is 14.4. The van der Waals surface area contributed by atoms with Gasteiger partial charge in [-0.15, -0.1) is 0 Å². The maximum atomic E-state index is 3.44. The lowest BCUT2D eigenvalue weighted by Gasteiger charge is -2.21. The van der Waals surface area contributed by atoms with Crippen LogP contribution >= 0.6 is 0 Å². The Hall–Kier alpha value is -3.32. The smallest absolute Gasteiger partial charge is 0.113 e. The van der Waals surface area contributed by atoms with Crippen molar-refractivity contribution in [1.29, 1.82) is 0 Å². The number of nitrogens with one attached hydrogen (secondary N) is 1. The summed E-state index contributed by atoms with van der Waals surface area (Å²) in [6.45, 7) is 0. The van der Waals surface area contributed by atoms with Gasteiger partial charge in [0.15, 0.2) is 0 Å². The molecular formula is C25H18N. The van der Waals surface area contributed by atoms with Crippen LogP contribution in [-0.4, -0.2) is 0 Å². The Morgan fingerprint density at radius 2 is 1.12 bits per heavy atom. The molecule has 0 amide bonds. The fourth-order valence-corrected chi connectivity index (χ4v) is 3.73. The third kappa shape index (κ3) is 2.49. The maximum absolute atomic E-state index is 3.44. The molecule has 1 heterocycles. The highest BCUT2D eigenvalue weighted by Crippen LogP contribution is 2.32. The molecule has 0 aromatic heterocycles. The molecule has 0 fully saturated rings. The van der Waals surface area contributed by atoms with E-state index in [-0.39, 0.29) is 0 Å². The first kappa shape index (κ1) is 15.0. The molecule has 0 spiro atoms. The molecule has 1 radical (unpaired) electrons. The largest absolute Gasteiger partial charge is 0.375 e. The minimum atomic E-state index is 1.13. The average molecular weight is 332 g/mol. The van der Waals surface area contributed by atoms with E-state index in [4.69, 9.17) is 0 Å². The molecule has 0 saturated heterocycles. The molecule has 5 rings (SSSR count). The second kappa shape index (κ2) is 6.20. The summed E-state index contributed by atoms with van der Waals surface area (Å²) in [5.74, 6) is 0. The Balaban J connectivity index is 1.65. The minimum absolute atomic E-state index is 1.13. The molecule has 0 saturated carbocycles. The highest BCUT2D eigenvalue weighted by Gasteiger charge is 2.16. The fraction of sp³-hybridized carbons (Fsp3) is 0. The Morgan fingerprint density at radius 3 is 1.85 bits per heavy atom. The molecule has 1 nitrogen and oxygen atoms in total. The van der Waals surface area contributed by atoms with Crippen molar-refractivity contribution >= 4 is 27.1 Å². The monoisotopic (exact) mass is 332 g/mol. The first-order chi connectivity index (χ1) is 12.9. The molecule has 1 aliphatic heterocycles. The van der Waals surface area contributed by atoms with Crippen molar-refractivity contribution in [2.45, 2.75) is 0 Å². The number of hydrogen-bond acceptors (Lipinski definition) is 1. The molecule has 1 N–H and O–H groups in total. The predicted octanol–water partition coefficient (Wildman–Crippen LogP) is 6.07. The zero-order valence-electron chi connectivity index (χ0n) is 14.3. The SMILES string of the molecule is C1=CC(c2cccc3ccccc23)=C[C](c2cccc3ccccc23)N1. The number of benzene rings is 4. The fourth-order valence-electron chi connectivity index (χ4n) is 3.73. The van der Waals surface area contributed by atoms with E-state index in [9.17, 15) is 0 Å². The lowest BCUT2D eigenvalue weighted by atomic mass is 9.92. The molecule has 0 unspecified atom stereocenters. The van der Waals surface area contributed by atoms with Crippen LogP contribution in [0, 0.1) is 6.04 Å². The van der Waals surface area contributed by atoms with E-state index in [0.717, 1.165) is 6.04 Å². The van der Waals surface area contributed by atoms with Gasteiger partial charge in [-0.3, -0.25) is 0 Å². The molecule has 4 aromatic rings. The van der Waals surface area contributed by atoms with Crippen molar-refractivity contribution in [3.8, 4) is 0 Å². The van der Waals surface area contributed by atoms with Crippen molar-refractivity contribution in [1.82, 2.24) is 5.32 Å². The van der Waals surface area contributed by atoms with Gasteiger partial charge in [-0.1, -0.05) is 84.9 Å². The van der Waals surface area contributed by atoms with Gasteiger partial charge in [0, 0.05) is 0 Å². The van der Waals surface area contributed by atoms with E-state index in [0.29, 0.717) is 0 Å². The number of dihydropyridines is 1. The quantitative estimate of drug-likeness (QED) is 0.469. The Labute approximate surface area is 153 Å². The van der Waals surface area contributed by atoms with Crippen LogP contribution in [0.5, 0.6) is 0 Å². The highest BCUT2D eigenvalue weighted by atomic mass is 14.9. The Bertz CT molecular complexity index is 1160. The van der Waals surface area contributed by atoms with Crippen molar-refractivity contribution in [3.63, 3.8) is 0 Å². The van der Waals surface area contributed by atoms with Crippen molar-refractivity contribution in [2.75, 3.05) is 0 Å². The number of rotatable bonds is 2. The summed E-state index contributed by atoms with van der Waals surface area (Å²) >= 11 is 0. The maximum Gasteiger partial charge on any atom is 0.113 e. The Kier molecular flexibility index (Phi) is 3.57. The van der Waals surface area contributed by atoms with Crippen molar-refractivity contribution < 1.29 is 0 Å². The predicted molar refractivity (Wildman–Crippen MR) is 110 cm³/mol. The minimum Gasteiger partial charge on any atom is -0.375 e. The van der Waals surface area contributed by atoms with Gasteiger partial charge in [0.1, 0.15) is 6.04 Å². The molecule has 1 heteroatoms. The summed E-state index contributed by atoms with van der Waals surface area (Å²) in [7, 11) is 0. The molecule has 4 aromatic carbocycles. The standard InChI is InChI=1S/C25H18N/c1-3-11-21-18(7-1)9-5-13-23(21)20-15-16-26-25(17-20)24-14-6-10-19-8-2-4-12-22(19)24/h1-17,26H. The van der Waals surface area contributed by atoms with Gasteiger partial charge in [-0.25, -0.2) is 0 Å². The lowest BCUT2D eigenvalue weighted by Crippen LogP contribution is -2.17. The van der Waals surface area contributed by atoms with Crippen LogP contribution in [0.3, 0.4) is 0 Å². The molecule has 0 bridgehead atoms. The van der Waals surface area contributed by atoms with Crippen LogP contribution in [0.15, 0.2) is 103 Å². The summed E-state index contributed by atoms with van der Waals surface area (Å²) < 4.78 is 0. The van der Waals surface area contributed by atoms with Gasteiger partial charge < -0.3 is 5.32 Å². The van der Waals surface area contributed by atoms with E-state index < -0.39 is 0 Å². The molecule has 0 atom stereocenters. The van der Waals surface area contributed by atoms with Gasteiger partial charge in [0.25, 0.3) is 0 Å². The van der Waals surface area contributed by atoms with E-state index in [1.807, 2.05) is 6.20 Å². The van der Waals surface area contributed by atoms with Crippen LogP contribution in [0.25, 0.3) is 27.1 Å². The van der Waals surface area contributed by atoms with E-state index in [1.165, 1.54) is 38.2 Å². The number of allylic oxidation sites excluding steroid dienone is 2. The van der Waals surface area contributed by atoms with Gasteiger partial charge in [-0.05, 0) is 56.6 Å². The number of hydrogen-bond donors (Lipinski definition) is 1. The first-order valence-corrected chi connectivity index (χ1v) is 8.88. The van der Waals surface area contributed by atoms with Gasteiger partial charge in [0.05, 0.1) is 0 Å². The van der Waals surface area contributed by atoms with E-state index >= 15 is 0 Å². The highest BCUT2D eigenvalue weighted by molar-refractivity contribution is 5.97. The summed E-state index contributed by atoms with van der Waals surface area (Å²) in [6, 6.07) is 31.2. The van der Waals surface area contributed by atoms with Crippen LogP contribution < -0.4 is 5.32 Å². The first-order valence-electron chi connectivity index (χ1n) is 8.88. The summed E-state index contributed by atoms with van der Waals surface area (Å²) in [5.41, 5.74) is 3.72. The molecular weight excluding hydrogens is 314 g/mol. The van der Waals surface area contributed by atoms with Crippen LogP contribution in [0.2, 0.25) is 0 Å². The summed E-state index contributed by atoms with van der Waals surface area (Å²) in [5, 5.41) is 8.51. The third-order valence-electron chi connectivity index (χ3n) is 4.98. The Morgan fingerprint density at radius 1 is 0.538 bits per heavy atom. The van der Waals surface area contributed by atoms with E-state index in [1.54, 1.807) is 0 Å². The van der Waals surface area contributed by atoms with Crippen molar-refractivity contribution in [2.24, 2.45) is 0 Å². The molecule has 26 heavy (non-hydrogen) atoms.